The largest absolute Gasteiger partial charge is 0.507 e. The van der Waals surface area contributed by atoms with E-state index >= 15 is 0 Å². The number of carbonyl (C=O) groups excluding carboxylic acids is 5. The van der Waals surface area contributed by atoms with Gasteiger partial charge in [-0.2, -0.15) is 0 Å². The summed E-state index contributed by atoms with van der Waals surface area (Å²) in [7, 11) is 3.38. The summed E-state index contributed by atoms with van der Waals surface area (Å²) in [6.07, 6.45) is 3.03. The SMILES string of the molecule is CC(=O)N1CC(CCl)c2c1cc(O)c1ccc(CC(=O)Nc3cn(C)c(C(=O)Nc4ccc5[nH]c(C(=O)N6CC(CCl)c7c6cc(O)c6ccc(C(=O)Nc8cn(C)c(C)n8)cc76)cc5c4)c3O)cc21. The minimum absolute atomic E-state index is 0.000972. The Hall–Kier alpha value is -8.02. The molecular weight excluding hydrogens is 938 g/mol. The van der Waals surface area contributed by atoms with Crippen LogP contribution in [0.2, 0.25) is 0 Å². The van der Waals surface area contributed by atoms with Crippen molar-refractivity contribution in [2.45, 2.75) is 32.1 Å². The summed E-state index contributed by atoms with van der Waals surface area (Å²) < 4.78 is 3.18. The number of aromatic hydroxyl groups is 3. The van der Waals surface area contributed by atoms with Crippen LogP contribution >= 0.6 is 23.2 Å². The molecule has 0 saturated heterocycles. The van der Waals surface area contributed by atoms with E-state index in [1.54, 1.807) is 94.3 Å². The van der Waals surface area contributed by atoms with Crippen molar-refractivity contribution < 1.29 is 39.3 Å². The number of imidazole rings is 1. The number of nitrogens with zero attached hydrogens (tertiary/aromatic N) is 5. The Balaban J connectivity index is 0.846. The van der Waals surface area contributed by atoms with E-state index in [1.807, 2.05) is 14.0 Å². The quantitative estimate of drug-likeness (QED) is 0.0653. The first-order valence-corrected chi connectivity index (χ1v) is 23.3. The molecule has 2 unspecified atom stereocenters. The highest BCUT2D eigenvalue weighted by Gasteiger charge is 2.37. The summed E-state index contributed by atoms with van der Waals surface area (Å²) in [5.74, 6) is -1.54. The molecule has 3 aromatic heterocycles. The van der Waals surface area contributed by atoms with Crippen molar-refractivity contribution in [2.24, 2.45) is 14.1 Å². The maximum atomic E-state index is 14.3. The number of phenolic OH excluding ortho intramolecular Hbond substituents is 2. The van der Waals surface area contributed by atoms with Gasteiger partial charge in [0.25, 0.3) is 17.7 Å². The van der Waals surface area contributed by atoms with Crippen LogP contribution in [-0.2, 0) is 30.1 Å². The third-order valence-electron chi connectivity index (χ3n) is 13.3. The third-order valence-corrected chi connectivity index (χ3v) is 14.0. The molecule has 17 nitrogen and oxygen atoms in total. The number of hydrogen-bond acceptors (Lipinski definition) is 9. The van der Waals surface area contributed by atoms with Crippen molar-refractivity contribution in [1.82, 2.24) is 19.1 Å². The Bertz CT molecular complexity index is 3540. The topological polar surface area (TPSA) is 227 Å². The van der Waals surface area contributed by atoms with E-state index in [-0.39, 0.29) is 82.9 Å². The molecule has 7 N–H and O–H groups in total. The molecule has 0 spiro atoms. The second kappa shape index (κ2) is 17.5. The Kier molecular flexibility index (Phi) is 11.4. The van der Waals surface area contributed by atoms with Gasteiger partial charge in [-0.15, -0.1) is 23.2 Å². The molecule has 0 radical (unpaired) electrons. The number of rotatable bonds is 10. The monoisotopic (exact) mass is 981 g/mol. The standard InChI is InChI=1S/C51H45Cl2N9O8/c1-24-54-43(23-59(24)3)58-49(68)27-6-9-33-35(14-27)46-30(19-53)21-62(40(46)17-42(33)65)51(70)37-15-28-13-31(7-10-36(28)56-37)55-50(69)47-48(67)38(22-60(47)4)57-44(66)12-26-5-8-32-34(11-26)45-29(18-52)20-61(25(2)63)39(45)16-41(32)64/h5-11,13-17,22-23,29-30,56,64-65,67H,12,18-21H2,1-4H3,(H,55,69)(H,57,66)(H,58,68). The summed E-state index contributed by atoms with van der Waals surface area (Å²) in [4.78, 5) is 77.8. The van der Waals surface area contributed by atoms with Crippen LogP contribution < -0.4 is 25.8 Å². The lowest BCUT2D eigenvalue weighted by molar-refractivity contribution is -0.117. The van der Waals surface area contributed by atoms with Crippen LogP contribution in [0.3, 0.4) is 0 Å². The molecule has 8 aromatic rings. The zero-order valence-electron chi connectivity index (χ0n) is 38.1. The van der Waals surface area contributed by atoms with Crippen LogP contribution in [0.25, 0.3) is 32.4 Å². The van der Waals surface area contributed by atoms with Crippen molar-refractivity contribution in [3.05, 3.63) is 125 Å². The lowest BCUT2D eigenvalue weighted by Gasteiger charge is -2.18. The van der Waals surface area contributed by atoms with Crippen LogP contribution in [0.15, 0.2) is 85.2 Å². The van der Waals surface area contributed by atoms with Gasteiger partial charge in [-0.1, -0.05) is 18.2 Å². The highest BCUT2D eigenvalue weighted by molar-refractivity contribution is 6.20. The number of benzene rings is 5. The Morgan fingerprint density at radius 3 is 2.04 bits per heavy atom. The number of alkyl halides is 2. The maximum Gasteiger partial charge on any atom is 0.276 e. The molecule has 5 aromatic carbocycles. The molecule has 10 rings (SSSR count). The van der Waals surface area contributed by atoms with E-state index in [2.05, 4.69) is 25.9 Å². The minimum Gasteiger partial charge on any atom is -0.507 e. The number of halogens is 2. The van der Waals surface area contributed by atoms with E-state index in [0.717, 1.165) is 17.0 Å². The fourth-order valence-electron chi connectivity index (χ4n) is 9.81. The molecule has 70 heavy (non-hydrogen) atoms. The molecule has 0 aliphatic carbocycles. The van der Waals surface area contributed by atoms with Gasteiger partial charge in [0.05, 0.1) is 17.8 Å². The van der Waals surface area contributed by atoms with Crippen LogP contribution in [0.4, 0.5) is 28.6 Å². The summed E-state index contributed by atoms with van der Waals surface area (Å²) in [6.45, 7) is 3.87. The highest BCUT2D eigenvalue weighted by atomic mass is 35.5. The Labute approximate surface area is 409 Å². The fourth-order valence-corrected chi connectivity index (χ4v) is 10.3. The van der Waals surface area contributed by atoms with Gasteiger partial charge in [0.2, 0.25) is 11.8 Å². The number of anilines is 5. The lowest BCUT2D eigenvalue weighted by atomic mass is 9.93. The van der Waals surface area contributed by atoms with Gasteiger partial charge in [0.15, 0.2) is 17.3 Å². The summed E-state index contributed by atoms with van der Waals surface area (Å²) in [6, 6.07) is 20.0. The molecule has 5 amide bonds. The van der Waals surface area contributed by atoms with E-state index in [4.69, 9.17) is 23.2 Å². The number of aryl methyl sites for hydroxylation is 3. The number of aromatic amines is 1. The molecule has 2 atom stereocenters. The number of amides is 5. The van der Waals surface area contributed by atoms with Crippen LogP contribution in [0.1, 0.15) is 72.6 Å². The molecule has 2 aliphatic rings. The molecule has 5 heterocycles. The summed E-state index contributed by atoms with van der Waals surface area (Å²) in [5.41, 5.74) is 4.64. The average Bonchev–Trinajstić information content (AvgIpc) is 4.14. The Morgan fingerprint density at radius 1 is 0.729 bits per heavy atom. The predicted octanol–water partition coefficient (Wildman–Crippen LogP) is 8.33. The number of nitrogens with one attached hydrogen (secondary N) is 4. The number of carbonyl (C=O) groups is 5. The first-order valence-electron chi connectivity index (χ1n) is 22.2. The molecule has 0 fully saturated rings. The fraction of sp³-hybridized carbons (Fsp3) is 0.216. The van der Waals surface area contributed by atoms with Crippen molar-refractivity contribution >= 4 is 114 Å². The van der Waals surface area contributed by atoms with E-state index in [0.29, 0.717) is 73.0 Å². The van der Waals surface area contributed by atoms with Gasteiger partial charge < -0.3 is 55.2 Å². The van der Waals surface area contributed by atoms with E-state index in [9.17, 15) is 39.3 Å². The highest BCUT2D eigenvalue weighted by Crippen LogP contribution is 2.47. The zero-order valence-corrected chi connectivity index (χ0v) is 39.7. The number of H-pyrrole nitrogens is 1. The molecule has 0 saturated carbocycles. The smallest absolute Gasteiger partial charge is 0.276 e. The van der Waals surface area contributed by atoms with E-state index in [1.165, 1.54) is 23.8 Å². The number of fused-ring (bicyclic) bond motifs is 7. The lowest BCUT2D eigenvalue weighted by Crippen LogP contribution is -2.30. The normalized spacial score (nSPS) is 15.2. The third kappa shape index (κ3) is 7.86. The second-order valence-electron chi connectivity index (χ2n) is 17.8. The van der Waals surface area contributed by atoms with Crippen molar-refractivity contribution in [1.29, 1.82) is 0 Å². The Morgan fingerprint density at radius 2 is 1.39 bits per heavy atom. The number of hydrogen-bond donors (Lipinski definition) is 7. The van der Waals surface area contributed by atoms with Gasteiger partial charge in [0.1, 0.15) is 28.7 Å². The van der Waals surface area contributed by atoms with Crippen molar-refractivity contribution in [2.75, 3.05) is 50.6 Å². The maximum absolute atomic E-state index is 14.3. The number of phenols is 2. The van der Waals surface area contributed by atoms with Gasteiger partial charge in [-0.05, 0) is 76.9 Å². The summed E-state index contributed by atoms with van der Waals surface area (Å²) in [5, 5.41) is 44.5. The predicted molar refractivity (Wildman–Crippen MR) is 269 cm³/mol. The van der Waals surface area contributed by atoms with Crippen molar-refractivity contribution in [3.8, 4) is 17.2 Å². The molecule has 2 aliphatic heterocycles. The molecule has 356 valence electrons. The minimum atomic E-state index is -0.663. The average molecular weight is 983 g/mol. The van der Waals surface area contributed by atoms with Gasteiger partial charge in [0, 0.05) is 115 Å². The summed E-state index contributed by atoms with van der Waals surface area (Å²) >= 11 is 12.8. The van der Waals surface area contributed by atoms with Crippen LogP contribution in [-0.4, -0.2) is 88.8 Å². The number of aromatic nitrogens is 4. The zero-order chi connectivity index (χ0) is 49.4. The van der Waals surface area contributed by atoms with Gasteiger partial charge >= 0.3 is 0 Å². The first kappa shape index (κ1) is 45.7. The molecule has 0 bridgehead atoms. The van der Waals surface area contributed by atoms with Crippen LogP contribution in [0.5, 0.6) is 17.2 Å². The van der Waals surface area contributed by atoms with Crippen molar-refractivity contribution in [3.63, 3.8) is 0 Å². The molecular formula is C51H45Cl2N9O8. The van der Waals surface area contributed by atoms with Crippen LogP contribution in [0, 0.1) is 6.92 Å². The molecule has 19 heteroatoms. The first-order chi connectivity index (χ1) is 33.5. The van der Waals surface area contributed by atoms with Gasteiger partial charge in [-0.3, -0.25) is 24.0 Å². The van der Waals surface area contributed by atoms with E-state index < -0.39 is 17.6 Å². The second-order valence-corrected chi connectivity index (χ2v) is 18.4. The van der Waals surface area contributed by atoms with Gasteiger partial charge in [-0.25, -0.2) is 4.98 Å².